The molecule has 2 saturated heterocycles. The highest BCUT2D eigenvalue weighted by molar-refractivity contribution is 7.88. The van der Waals surface area contributed by atoms with E-state index in [0.717, 1.165) is 44.7 Å². The second-order valence-electron chi connectivity index (χ2n) is 6.54. The first-order valence-corrected chi connectivity index (χ1v) is 10.0. The molecule has 2 fully saturated rings. The van der Waals surface area contributed by atoms with Gasteiger partial charge in [-0.2, -0.15) is 4.31 Å². The Bertz CT molecular complexity index is 600. The molecule has 0 radical (unpaired) electrons. The highest BCUT2D eigenvalue weighted by Gasteiger charge is 2.35. The van der Waals surface area contributed by atoms with Crippen LogP contribution in [0.1, 0.15) is 25.3 Å². The number of benzene rings is 1. The van der Waals surface area contributed by atoms with Crippen LogP contribution in [0.5, 0.6) is 0 Å². The molecule has 0 aromatic heterocycles. The summed E-state index contributed by atoms with van der Waals surface area (Å²) < 4.78 is 32.6. The molecular formula is C17H26N2O3S. The second kappa shape index (κ2) is 7.30. The van der Waals surface area contributed by atoms with Crippen LogP contribution in [-0.4, -0.2) is 62.6 Å². The molecular weight excluding hydrogens is 312 g/mol. The average molecular weight is 338 g/mol. The molecule has 0 unspecified atom stereocenters. The van der Waals surface area contributed by atoms with Crippen LogP contribution >= 0.6 is 0 Å². The van der Waals surface area contributed by atoms with E-state index in [0.29, 0.717) is 12.6 Å². The van der Waals surface area contributed by atoms with Gasteiger partial charge in [0.1, 0.15) is 0 Å². The quantitative estimate of drug-likeness (QED) is 0.838. The summed E-state index contributed by atoms with van der Waals surface area (Å²) in [5, 5.41) is 0. The van der Waals surface area contributed by atoms with Gasteiger partial charge in [-0.05, 0) is 25.3 Å². The van der Waals surface area contributed by atoms with Crippen molar-refractivity contribution in [3.8, 4) is 0 Å². The molecule has 0 amide bonds. The van der Waals surface area contributed by atoms with E-state index in [2.05, 4.69) is 4.90 Å². The smallest absolute Gasteiger partial charge is 0.218 e. The van der Waals surface area contributed by atoms with E-state index < -0.39 is 10.0 Å². The zero-order chi connectivity index (χ0) is 16.3. The largest absolute Gasteiger partial charge is 0.381 e. The fourth-order valence-corrected chi connectivity index (χ4v) is 5.39. The van der Waals surface area contributed by atoms with Crippen LogP contribution in [0.4, 0.5) is 0 Å². The van der Waals surface area contributed by atoms with Gasteiger partial charge in [0.25, 0.3) is 0 Å². The van der Waals surface area contributed by atoms with Crippen LogP contribution < -0.4 is 0 Å². The maximum absolute atomic E-state index is 12.7. The lowest BCUT2D eigenvalue weighted by atomic mass is 10.1. The third kappa shape index (κ3) is 4.12. The normalized spacial score (nSPS) is 25.5. The molecule has 1 atom stereocenters. The Balaban J connectivity index is 1.63. The van der Waals surface area contributed by atoms with Crippen molar-refractivity contribution in [2.45, 2.75) is 37.6 Å². The molecule has 0 spiro atoms. The molecule has 0 saturated carbocycles. The fourth-order valence-electron chi connectivity index (χ4n) is 3.63. The molecule has 5 nitrogen and oxygen atoms in total. The first-order chi connectivity index (χ1) is 11.1. The van der Waals surface area contributed by atoms with Gasteiger partial charge < -0.3 is 4.74 Å². The van der Waals surface area contributed by atoms with Crippen molar-refractivity contribution in [3.05, 3.63) is 35.9 Å². The Morgan fingerprint density at radius 3 is 2.48 bits per heavy atom. The van der Waals surface area contributed by atoms with Crippen molar-refractivity contribution in [1.82, 2.24) is 9.21 Å². The van der Waals surface area contributed by atoms with Gasteiger partial charge in [0.2, 0.25) is 10.0 Å². The maximum Gasteiger partial charge on any atom is 0.218 e. The van der Waals surface area contributed by atoms with E-state index >= 15 is 0 Å². The molecule has 1 aromatic carbocycles. The van der Waals surface area contributed by atoms with Crippen LogP contribution in [0.2, 0.25) is 0 Å². The molecule has 0 bridgehead atoms. The van der Waals surface area contributed by atoms with Crippen molar-refractivity contribution < 1.29 is 13.2 Å². The number of sulfonamides is 1. The summed E-state index contributed by atoms with van der Waals surface area (Å²) in [5.74, 6) is 0.0927. The lowest BCUT2D eigenvalue weighted by Crippen LogP contribution is -2.57. The molecule has 3 rings (SSSR count). The SMILES string of the molecule is C[C@@H]1CN(C2CCOCC2)CCN1S(=O)(=O)Cc1ccccc1. The number of ether oxygens (including phenoxy) is 1. The van der Waals surface area contributed by atoms with Crippen molar-refractivity contribution in [2.24, 2.45) is 0 Å². The number of nitrogens with zero attached hydrogens (tertiary/aromatic N) is 2. The van der Waals surface area contributed by atoms with E-state index in [4.69, 9.17) is 4.74 Å². The Labute approximate surface area is 139 Å². The van der Waals surface area contributed by atoms with Crippen LogP contribution in [0.15, 0.2) is 30.3 Å². The molecule has 0 N–H and O–H groups in total. The summed E-state index contributed by atoms with van der Waals surface area (Å²) in [6.45, 7) is 5.90. The van der Waals surface area contributed by atoms with Crippen LogP contribution in [0.3, 0.4) is 0 Å². The zero-order valence-corrected chi connectivity index (χ0v) is 14.5. The summed E-state index contributed by atoms with van der Waals surface area (Å²) in [7, 11) is -3.26. The maximum atomic E-state index is 12.7. The Morgan fingerprint density at radius 1 is 1.13 bits per heavy atom. The third-order valence-corrected chi connectivity index (χ3v) is 6.81. The standard InChI is InChI=1S/C17H26N2O3S/c1-15-13-18(17-7-11-22-12-8-17)9-10-19(15)23(20,21)14-16-5-3-2-4-6-16/h2-6,15,17H,7-14H2,1H3/t15-/m1/s1. The molecule has 128 valence electrons. The zero-order valence-electron chi connectivity index (χ0n) is 13.7. The predicted octanol–water partition coefficient (Wildman–Crippen LogP) is 1.70. The minimum Gasteiger partial charge on any atom is -0.381 e. The topological polar surface area (TPSA) is 49.9 Å². The number of hydrogen-bond donors (Lipinski definition) is 0. The van der Waals surface area contributed by atoms with Gasteiger partial charge in [-0.1, -0.05) is 30.3 Å². The third-order valence-electron chi connectivity index (χ3n) is 4.85. The summed E-state index contributed by atoms with van der Waals surface area (Å²) in [6, 6.07) is 10.0. The van der Waals surface area contributed by atoms with E-state index in [1.54, 1.807) is 4.31 Å². The second-order valence-corrected chi connectivity index (χ2v) is 8.46. The minimum atomic E-state index is -3.26. The van der Waals surface area contributed by atoms with Crippen molar-refractivity contribution in [1.29, 1.82) is 0 Å². The van der Waals surface area contributed by atoms with Crippen LogP contribution in [0, 0.1) is 0 Å². The van der Waals surface area contributed by atoms with Crippen molar-refractivity contribution in [2.75, 3.05) is 32.8 Å². The first-order valence-electron chi connectivity index (χ1n) is 8.41. The van der Waals surface area contributed by atoms with Gasteiger partial charge >= 0.3 is 0 Å². The highest BCUT2D eigenvalue weighted by atomic mass is 32.2. The molecule has 2 heterocycles. The highest BCUT2D eigenvalue weighted by Crippen LogP contribution is 2.22. The molecule has 2 aliphatic heterocycles. The predicted molar refractivity (Wildman–Crippen MR) is 90.6 cm³/mol. The molecule has 6 heteroatoms. The van der Waals surface area contributed by atoms with Gasteiger partial charge in [0.05, 0.1) is 5.75 Å². The van der Waals surface area contributed by atoms with Crippen LogP contribution in [-0.2, 0) is 20.5 Å². The number of piperazine rings is 1. The summed E-state index contributed by atoms with van der Waals surface area (Å²) >= 11 is 0. The van der Waals surface area contributed by atoms with Gasteiger partial charge in [0, 0.05) is 44.9 Å². The van der Waals surface area contributed by atoms with E-state index in [1.807, 2.05) is 37.3 Å². The fraction of sp³-hybridized carbons (Fsp3) is 0.647. The average Bonchev–Trinajstić information content (AvgIpc) is 2.56. The van der Waals surface area contributed by atoms with E-state index in [-0.39, 0.29) is 11.8 Å². The van der Waals surface area contributed by atoms with Gasteiger partial charge in [-0.15, -0.1) is 0 Å². The Kier molecular flexibility index (Phi) is 5.36. The molecule has 1 aromatic rings. The van der Waals surface area contributed by atoms with Crippen LogP contribution in [0.25, 0.3) is 0 Å². The summed E-state index contributed by atoms with van der Waals surface area (Å²) in [4.78, 5) is 2.45. The first kappa shape index (κ1) is 16.9. The van der Waals surface area contributed by atoms with Crippen molar-refractivity contribution >= 4 is 10.0 Å². The van der Waals surface area contributed by atoms with Gasteiger partial charge in [-0.25, -0.2) is 8.42 Å². The Morgan fingerprint density at radius 2 is 1.83 bits per heavy atom. The minimum absolute atomic E-state index is 0.0281. The number of rotatable bonds is 4. The molecule has 2 aliphatic rings. The lowest BCUT2D eigenvalue weighted by Gasteiger charge is -2.43. The molecule has 0 aliphatic carbocycles. The number of hydrogen-bond acceptors (Lipinski definition) is 4. The summed E-state index contributed by atoms with van der Waals surface area (Å²) in [6.07, 6.45) is 2.12. The Hall–Kier alpha value is -0.950. The van der Waals surface area contributed by atoms with Crippen molar-refractivity contribution in [3.63, 3.8) is 0 Å². The van der Waals surface area contributed by atoms with E-state index in [9.17, 15) is 8.42 Å². The van der Waals surface area contributed by atoms with E-state index in [1.165, 1.54) is 0 Å². The van der Waals surface area contributed by atoms with Gasteiger partial charge in [-0.3, -0.25) is 4.90 Å². The lowest BCUT2D eigenvalue weighted by molar-refractivity contribution is 0.0137. The molecule has 23 heavy (non-hydrogen) atoms. The van der Waals surface area contributed by atoms with Gasteiger partial charge in [0.15, 0.2) is 0 Å². The monoisotopic (exact) mass is 338 g/mol. The summed E-state index contributed by atoms with van der Waals surface area (Å²) in [5.41, 5.74) is 0.853.